The van der Waals surface area contributed by atoms with E-state index in [0.717, 1.165) is 19.3 Å². The summed E-state index contributed by atoms with van der Waals surface area (Å²) in [5.41, 5.74) is -0.00577. The average molecular weight is 311 g/mol. The molecule has 0 amide bonds. The molecule has 2 saturated carbocycles. The van der Waals surface area contributed by atoms with Gasteiger partial charge in [0.1, 0.15) is 0 Å². The highest BCUT2D eigenvalue weighted by molar-refractivity contribution is 5.03. The summed E-state index contributed by atoms with van der Waals surface area (Å²) >= 11 is 0. The van der Waals surface area contributed by atoms with Crippen LogP contribution in [0.4, 0.5) is 0 Å². The standard InChI is InChI=1S/C20H38O2/c1-14(18(2,3)12-13-19(4,5)22)15-9-10-16-17(21)8-7-11-20(15,16)6/h14-17,21-22H,7-13H2,1-6H3/t14-,15?,16?,17+,20-/m1/s1. The Morgan fingerprint density at radius 3 is 2.32 bits per heavy atom. The summed E-state index contributed by atoms with van der Waals surface area (Å²) in [4.78, 5) is 0. The highest BCUT2D eigenvalue weighted by atomic mass is 16.3. The van der Waals surface area contributed by atoms with Gasteiger partial charge in [-0.1, -0.05) is 34.1 Å². The molecule has 2 heteroatoms. The van der Waals surface area contributed by atoms with E-state index in [1.807, 2.05) is 13.8 Å². The molecule has 2 aliphatic rings. The smallest absolute Gasteiger partial charge is 0.0592 e. The van der Waals surface area contributed by atoms with Gasteiger partial charge < -0.3 is 10.2 Å². The second-order valence-corrected chi connectivity index (χ2v) is 9.85. The highest BCUT2D eigenvalue weighted by Crippen LogP contribution is 2.60. The van der Waals surface area contributed by atoms with E-state index in [2.05, 4.69) is 27.7 Å². The molecule has 5 atom stereocenters. The molecule has 0 bridgehead atoms. The molecule has 2 unspecified atom stereocenters. The largest absolute Gasteiger partial charge is 0.393 e. The van der Waals surface area contributed by atoms with Crippen LogP contribution >= 0.6 is 0 Å². The fraction of sp³-hybridized carbons (Fsp3) is 1.00. The Balaban J connectivity index is 2.10. The van der Waals surface area contributed by atoms with Gasteiger partial charge in [0.25, 0.3) is 0 Å². The maximum absolute atomic E-state index is 10.4. The van der Waals surface area contributed by atoms with Crippen LogP contribution in [0.5, 0.6) is 0 Å². The molecule has 0 aromatic carbocycles. The molecule has 0 aliphatic heterocycles. The normalized spacial score (nSPS) is 37.9. The number of hydrogen-bond donors (Lipinski definition) is 2. The van der Waals surface area contributed by atoms with Crippen molar-refractivity contribution in [2.75, 3.05) is 0 Å². The number of fused-ring (bicyclic) bond motifs is 1. The van der Waals surface area contributed by atoms with Gasteiger partial charge in [-0.15, -0.1) is 0 Å². The molecule has 0 radical (unpaired) electrons. The first-order valence-electron chi connectivity index (χ1n) is 9.38. The van der Waals surface area contributed by atoms with Gasteiger partial charge in [-0.3, -0.25) is 0 Å². The molecule has 0 spiro atoms. The molecular weight excluding hydrogens is 272 g/mol. The van der Waals surface area contributed by atoms with Crippen LogP contribution in [-0.4, -0.2) is 21.9 Å². The van der Waals surface area contributed by atoms with Crippen LogP contribution in [-0.2, 0) is 0 Å². The van der Waals surface area contributed by atoms with Gasteiger partial charge >= 0.3 is 0 Å². The summed E-state index contributed by atoms with van der Waals surface area (Å²) in [5, 5.41) is 20.5. The predicted molar refractivity (Wildman–Crippen MR) is 92.7 cm³/mol. The summed E-state index contributed by atoms with van der Waals surface area (Å²) in [5.74, 6) is 1.86. The average Bonchev–Trinajstić information content (AvgIpc) is 2.73. The van der Waals surface area contributed by atoms with Gasteiger partial charge in [0.05, 0.1) is 11.7 Å². The third kappa shape index (κ3) is 3.53. The Morgan fingerprint density at radius 2 is 1.73 bits per heavy atom. The van der Waals surface area contributed by atoms with Crippen LogP contribution in [0.3, 0.4) is 0 Å². The molecule has 130 valence electrons. The first kappa shape index (κ1) is 18.3. The predicted octanol–water partition coefficient (Wildman–Crippen LogP) is 4.78. The SMILES string of the molecule is C[C@H](C1CCC2[C@@H](O)CCC[C@]12C)C(C)(C)CCC(C)(C)O. The zero-order chi connectivity index (χ0) is 16.8. The number of aliphatic hydroxyl groups is 2. The van der Waals surface area contributed by atoms with Gasteiger partial charge in [0.2, 0.25) is 0 Å². The Bertz CT molecular complexity index is 382. The Hall–Kier alpha value is -0.0800. The van der Waals surface area contributed by atoms with E-state index in [0.29, 0.717) is 23.2 Å². The van der Waals surface area contributed by atoms with E-state index < -0.39 is 5.60 Å². The lowest BCUT2D eigenvalue weighted by Gasteiger charge is -2.48. The molecule has 2 fully saturated rings. The Kier molecular flexibility index (Phi) is 5.06. The van der Waals surface area contributed by atoms with Crippen molar-refractivity contribution in [3.05, 3.63) is 0 Å². The van der Waals surface area contributed by atoms with Crippen molar-refractivity contribution in [1.29, 1.82) is 0 Å². The van der Waals surface area contributed by atoms with E-state index >= 15 is 0 Å². The van der Waals surface area contributed by atoms with Crippen molar-refractivity contribution in [3.8, 4) is 0 Å². The minimum absolute atomic E-state index is 0.0737. The lowest BCUT2D eigenvalue weighted by molar-refractivity contribution is -0.0450. The quantitative estimate of drug-likeness (QED) is 0.767. The van der Waals surface area contributed by atoms with Crippen LogP contribution in [0.25, 0.3) is 0 Å². The topological polar surface area (TPSA) is 40.5 Å². The van der Waals surface area contributed by atoms with Gasteiger partial charge in [-0.25, -0.2) is 0 Å². The van der Waals surface area contributed by atoms with Crippen LogP contribution in [0.2, 0.25) is 0 Å². The second kappa shape index (κ2) is 6.09. The van der Waals surface area contributed by atoms with Gasteiger partial charge in [-0.2, -0.15) is 0 Å². The molecule has 2 N–H and O–H groups in total. The first-order chi connectivity index (χ1) is 9.97. The van der Waals surface area contributed by atoms with Gasteiger partial charge in [-0.05, 0) is 81.0 Å². The molecule has 2 aliphatic carbocycles. The van der Waals surface area contributed by atoms with Crippen molar-refractivity contribution < 1.29 is 10.2 Å². The summed E-state index contributed by atoms with van der Waals surface area (Å²) in [6, 6.07) is 0. The molecule has 0 saturated heterocycles. The fourth-order valence-electron chi connectivity index (χ4n) is 5.41. The van der Waals surface area contributed by atoms with Crippen LogP contribution < -0.4 is 0 Å². The minimum atomic E-state index is -0.569. The lowest BCUT2D eigenvalue weighted by atomic mass is 9.57. The van der Waals surface area contributed by atoms with Gasteiger partial charge in [0.15, 0.2) is 0 Å². The van der Waals surface area contributed by atoms with Crippen LogP contribution in [0.1, 0.15) is 86.5 Å². The zero-order valence-electron chi connectivity index (χ0n) is 15.7. The fourth-order valence-corrected chi connectivity index (χ4v) is 5.41. The van der Waals surface area contributed by atoms with Crippen LogP contribution in [0, 0.1) is 28.6 Å². The van der Waals surface area contributed by atoms with E-state index in [1.54, 1.807) is 0 Å². The van der Waals surface area contributed by atoms with E-state index in [4.69, 9.17) is 0 Å². The Morgan fingerprint density at radius 1 is 1.09 bits per heavy atom. The maximum Gasteiger partial charge on any atom is 0.0592 e. The molecular formula is C20H38O2. The maximum atomic E-state index is 10.4. The van der Waals surface area contributed by atoms with Crippen molar-refractivity contribution in [1.82, 2.24) is 0 Å². The summed E-state index contributed by atoms with van der Waals surface area (Å²) in [7, 11) is 0. The van der Waals surface area contributed by atoms with Crippen molar-refractivity contribution in [2.24, 2.45) is 28.6 Å². The number of aliphatic hydroxyl groups excluding tert-OH is 1. The third-order valence-electron chi connectivity index (χ3n) is 7.38. The lowest BCUT2D eigenvalue weighted by Crippen LogP contribution is -2.44. The molecule has 0 aromatic heterocycles. The molecule has 2 rings (SSSR count). The highest BCUT2D eigenvalue weighted by Gasteiger charge is 2.54. The minimum Gasteiger partial charge on any atom is -0.393 e. The second-order valence-electron chi connectivity index (χ2n) is 9.85. The van der Waals surface area contributed by atoms with Gasteiger partial charge in [0, 0.05) is 0 Å². The van der Waals surface area contributed by atoms with E-state index in [1.165, 1.54) is 25.7 Å². The summed E-state index contributed by atoms with van der Waals surface area (Å²) < 4.78 is 0. The van der Waals surface area contributed by atoms with Crippen molar-refractivity contribution >= 4 is 0 Å². The van der Waals surface area contributed by atoms with Crippen molar-refractivity contribution in [3.63, 3.8) is 0 Å². The first-order valence-corrected chi connectivity index (χ1v) is 9.38. The van der Waals surface area contributed by atoms with E-state index in [-0.39, 0.29) is 11.5 Å². The monoisotopic (exact) mass is 310 g/mol. The van der Waals surface area contributed by atoms with E-state index in [9.17, 15) is 10.2 Å². The third-order valence-corrected chi connectivity index (χ3v) is 7.38. The zero-order valence-corrected chi connectivity index (χ0v) is 15.7. The molecule has 2 nitrogen and oxygen atoms in total. The number of rotatable bonds is 5. The number of hydrogen-bond acceptors (Lipinski definition) is 2. The Labute approximate surface area is 137 Å². The summed E-state index contributed by atoms with van der Waals surface area (Å²) in [6.07, 6.45) is 7.79. The van der Waals surface area contributed by atoms with Crippen LogP contribution in [0.15, 0.2) is 0 Å². The van der Waals surface area contributed by atoms with Crippen molar-refractivity contribution in [2.45, 2.75) is 98.2 Å². The summed E-state index contributed by atoms with van der Waals surface area (Å²) in [6.45, 7) is 13.4. The molecule has 0 heterocycles. The molecule has 22 heavy (non-hydrogen) atoms. The molecule has 0 aromatic rings.